The van der Waals surface area contributed by atoms with Gasteiger partial charge in [-0.3, -0.25) is 9.69 Å². The number of nitrogens with two attached hydrogens (primary N) is 1. The highest BCUT2D eigenvalue weighted by molar-refractivity contribution is 5.79. The summed E-state index contributed by atoms with van der Waals surface area (Å²) in [6, 6.07) is 0.350. The van der Waals surface area contributed by atoms with E-state index in [0.717, 1.165) is 32.5 Å². The van der Waals surface area contributed by atoms with Crippen LogP contribution >= 0.6 is 0 Å². The van der Waals surface area contributed by atoms with Gasteiger partial charge in [0, 0.05) is 38.1 Å². The molecule has 1 saturated carbocycles. The Hall–Kier alpha value is -0.610. The number of amides is 1. The lowest BCUT2D eigenvalue weighted by Crippen LogP contribution is -2.57. The summed E-state index contributed by atoms with van der Waals surface area (Å²) in [7, 11) is 2.09. The maximum absolute atomic E-state index is 12.0. The van der Waals surface area contributed by atoms with E-state index in [9.17, 15) is 4.79 Å². The number of hydrogen-bond acceptors (Lipinski definition) is 3. The van der Waals surface area contributed by atoms with Gasteiger partial charge >= 0.3 is 0 Å². The standard InChI is InChI=1S/C11H21N3O/c1-13-5-6-14(8-10(13)7-12)11(15)9-3-2-4-9/h9-10H,2-8,12H2,1H3. The summed E-state index contributed by atoms with van der Waals surface area (Å²) in [5, 5.41) is 0. The lowest BCUT2D eigenvalue weighted by atomic mass is 9.84. The monoisotopic (exact) mass is 211 g/mol. The Morgan fingerprint density at radius 2 is 2.13 bits per heavy atom. The second-order valence-electron chi connectivity index (χ2n) is 4.78. The van der Waals surface area contributed by atoms with Gasteiger partial charge in [-0.05, 0) is 19.9 Å². The molecule has 1 aliphatic heterocycles. The van der Waals surface area contributed by atoms with Crippen molar-refractivity contribution < 1.29 is 4.79 Å². The molecule has 0 bridgehead atoms. The molecule has 0 spiro atoms. The van der Waals surface area contributed by atoms with Gasteiger partial charge in [0.25, 0.3) is 0 Å². The molecular formula is C11H21N3O. The molecule has 2 N–H and O–H groups in total. The van der Waals surface area contributed by atoms with Gasteiger partial charge in [-0.2, -0.15) is 0 Å². The number of nitrogens with zero attached hydrogens (tertiary/aromatic N) is 2. The van der Waals surface area contributed by atoms with Crippen molar-refractivity contribution in [1.29, 1.82) is 0 Å². The van der Waals surface area contributed by atoms with E-state index in [1.807, 2.05) is 4.90 Å². The van der Waals surface area contributed by atoms with E-state index in [0.29, 0.717) is 24.4 Å². The van der Waals surface area contributed by atoms with Crippen molar-refractivity contribution >= 4 is 5.91 Å². The second-order valence-corrected chi connectivity index (χ2v) is 4.78. The Morgan fingerprint density at radius 1 is 1.40 bits per heavy atom. The van der Waals surface area contributed by atoms with Crippen LogP contribution < -0.4 is 5.73 Å². The van der Waals surface area contributed by atoms with Crippen molar-refractivity contribution in [3.63, 3.8) is 0 Å². The summed E-state index contributed by atoms with van der Waals surface area (Å²) in [6.45, 7) is 3.30. The van der Waals surface area contributed by atoms with Crippen LogP contribution in [0.15, 0.2) is 0 Å². The average molecular weight is 211 g/mol. The number of hydrogen-bond donors (Lipinski definition) is 1. The first-order chi connectivity index (χ1) is 7.22. The maximum atomic E-state index is 12.0. The summed E-state index contributed by atoms with van der Waals surface area (Å²) in [6.07, 6.45) is 3.42. The molecule has 15 heavy (non-hydrogen) atoms. The molecule has 2 rings (SSSR count). The Bertz CT molecular complexity index is 240. The summed E-state index contributed by atoms with van der Waals surface area (Å²) in [5.74, 6) is 0.694. The molecule has 1 amide bonds. The van der Waals surface area contributed by atoms with Crippen LogP contribution in [0.4, 0.5) is 0 Å². The van der Waals surface area contributed by atoms with Crippen LogP contribution in [0.1, 0.15) is 19.3 Å². The highest BCUT2D eigenvalue weighted by atomic mass is 16.2. The van der Waals surface area contributed by atoms with Crippen LogP contribution in [-0.2, 0) is 4.79 Å². The second kappa shape index (κ2) is 4.49. The number of likely N-dealkylation sites (N-methyl/N-ethyl adjacent to an activating group) is 1. The predicted octanol–water partition coefficient (Wildman–Crippen LogP) is -0.112. The van der Waals surface area contributed by atoms with Crippen LogP contribution in [-0.4, -0.2) is 55.0 Å². The highest BCUT2D eigenvalue weighted by Crippen LogP contribution is 2.28. The molecule has 1 unspecified atom stereocenters. The predicted molar refractivity (Wildman–Crippen MR) is 59.4 cm³/mol. The van der Waals surface area contributed by atoms with Crippen LogP contribution in [0.5, 0.6) is 0 Å². The third kappa shape index (κ3) is 2.16. The van der Waals surface area contributed by atoms with E-state index in [-0.39, 0.29) is 0 Å². The lowest BCUT2D eigenvalue weighted by Gasteiger charge is -2.41. The lowest BCUT2D eigenvalue weighted by molar-refractivity contribution is -0.140. The zero-order chi connectivity index (χ0) is 10.8. The first-order valence-electron chi connectivity index (χ1n) is 5.91. The Kier molecular flexibility index (Phi) is 3.26. The zero-order valence-electron chi connectivity index (χ0n) is 9.48. The molecule has 1 saturated heterocycles. The van der Waals surface area contributed by atoms with Crippen molar-refractivity contribution in [1.82, 2.24) is 9.80 Å². The van der Waals surface area contributed by atoms with Crippen LogP contribution in [0.2, 0.25) is 0 Å². The Morgan fingerprint density at radius 3 is 2.67 bits per heavy atom. The van der Waals surface area contributed by atoms with Gasteiger partial charge in [0.05, 0.1) is 0 Å². The fraction of sp³-hybridized carbons (Fsp3) is 0.909. The number of piperazine rings is 1. The maximum Gasteiger partial charge on any atom is 0.225 e. The van der Waals surface area contributed by atoms with Gasteiger partial charge in [-0.15, -0.1) is 0 Å². The Balaban J connectivity index is 1.90. The summed E-state index contributed by atoms with van der Waals surface area (Å²) in [4.78, 5) is 16.3. The molecule has 4 heteroatoms. The molecule has 1 heterocycles. The van der Waals surface area contributed by atoms with Crippen molar-refractivity contribution in [2.24, 2.45) is 11.7 Å². The van der Waals surface area contributed by atoms with Gasteiger partial charge < -0.3 is 10.6 Å². The SMILES string of the molecule is CN1CCN(C(=O)C2CCC2)CC1CN. The van der Waals surface area contributed by atoms with E-state index >= 15 is 0 Å². The smallest absolute Gasteiger partial charge is 0.225 e. The zero-order valence-corrected chi connectivity index (χ0v) is 9.48. The molecule has 4 nitrogen and oxygen atoms in total. The minimum atomic E-state index is 0.326. The average Bonchev–Trinajstić information content (AvgIpc) is 2.15. The molecule has 0 radical (unpaired) electrons. The molecule has 0 aromatic heterocycles. The minimum absolute atomic E-state index is 0.326. The molecule has 2 fully saturated rings. The molecule has 1 aliphatic carbocycles. The molecule has 2 aliphatic rings. The van der Waals surface area contributed by atoms with E-state index < -0.39 is 0 Å². The van der Waals surface area contributed by atoms with Crippen LogP contribution in [0, 0.1) is 5.92 Å². The fourth-order valence-electron chi connectivity index (χ4n) is 2.31. The molecule has 0 aromatic rings. The minimum Gasteiger partial charge on any atom is -0.340 e. The first kappa shape index (κ1) is 10.9. The van der Waals surface area contributed by atoms with E-state index in [2.05, 4.69) is 11.9 Å². The fourth-order valence-corrected chi connectivity index (χ4v) is 2.31. The van der Waals surface area contributed by atoms with E-state index in [1.54, 1.807) is 0 Å². The van der Waals surface area contributed by atoms with Crippen LogP contribution in [0.3, 0.4) is 0 Å². The van der Waals surface area contributed by atoms with E-state index in [4.69, 9.17) is 5.73 Å². The van der Waals surface area contributed by atoms with Gasteiger partial charge in [0.15, 0.2) is 0 Å². The third-order valence-electron chi connectivity index (χ3n) is 3.82. The van der Waals surface area contributed by atoms with Gasteiger partial charge in [-0.25, -0.2) is 0 Å². The van der Waals surface area contributed by atoms with Crippen molar-refractivity contribution in [3.05, 3.63) is 0 Å². The summed E-state index contributed by atoms with van der Waals surface area (Å²) < 4.78 is 0. The first-order valence-corrected chi connectivity index (χ1v) is 5.91. The number of carbonyl (C=O) groups excluding carboxylic acids is 1. The molecule has 0 aromatic carbocycles. The third-order valence-corrected chi connectivity index (χ3v) is 3.82. The normalized spacial score (nSPS) is 28.9. The van der Waals surface area contributed by atoms with Crippen molar-refractivity contribution in [3.8, 4) is 0 Å². The summed E-state index contributed by atoms with van der Waals surface area (Å²) >= 11 is 0. The van der Waals surface area contributed by atoms with Gasteiger partial charge in [0.1, 0.15) is 0 Å². The van der Waals surface area contributed by atoms with Gasteiger partial charge in [-0.1, -0.05) is 6.42 Å². The van der Waals surface area contributed by atoms with Crippen LogP contribution in [0.25, 0.3) is 0 Å². The molecule has 86 valence electrons. The molecule has 1 atom stereocenters. The molecular weight excluding hydrogens is 190 g/mol. The van der Waals surface area contributed by atoms with E-state index in [1.165, 1.54) is 6.42 Å². The number of carbonyl (C=O) groups is 1. The Labute approximate surface area is 91.4 Å². The van der Waals surface area contributed by atoms with Gasteiger partial charge in [0.2, 0.25) is 5.91 Å². The van der Waals surface area contributed by atoms with Crippen molar-refractivity contribution in [2.75, 3.05) is 33.2 Å². The van der Waals surface area contributed by atoms with Crippen molar-refractivity contribution in [2.45, 2.75) is 25.3 Å². The summed E-state index contributed by atoms with van der Waals surface area (Å²) in [5.41, 5.74) is 5.70. The quantitative estimate of drug-likeness (QED) is 0.693. The number of rotatable bonds is 2. The largest absolute Gasteiger partial charge is 0.340 e. The topological polar surface area (TPSA) is 49.6 Å². The highest BCUT2D eigenvalue weighted by Gasteiger charge is 2.33.